The van der Waals surface area contributed by atoms with Crippen molar-refractivity contribution in [1.82, 2.24) is 4.90 Å². The lowest BCUT2D eigenvalue weighted by molar-refractivity contribution is 0.0224. The van der Waals surface area contributed by atoms with Crippen molar-refractivity contribution in [3.05, 3.63) is 35.4 Å². The van der Waals surface area contributed by atoms with Gasteiger partial charge in [-0.2, -0.15) is 0 Å². The third kappa shape index (κ3) is 4.49. The lowest BCUT2D eigenvalue weighted by Crippen LogP contribution is -2.36. The van der Waals surface area contributed by atoms with Gasteiger partial charge in [0.25, 0.3) is 0 Å². The van der Waals surface area contributed by atoms with Crippen LogP contribution in [0.5, 0.6) is 0 Å². The summed E-state index contributed by atoms with van der Waals surface area (Å²) < 4.78 is 5.54. The zero-order valence-electron chi connectivity index (χ0n) is 14.4. The largest absolute Gasteiger partial charge is 0.444 e. The van der Waals surface area contributed by atoms with E-state index in [0.717, 1.165) is 25.8 Å². The van der Waals surface area contributed by atoms with Gasteiger partial charge in [-0.25, -0.2) is 4.79 Å². The van der Waals surface area contributed by atoms with Crippen LogP contribution in [0.15, 0.2) is 24.3 Å². The first-order valence-corrected chi connectivity index (χ1v) is 8.49. The number of ether oxygens (including phenoxy) is 1. The first-order chi connectivity index (χ1) is 10.4. The molecule has 22 heavy (non-hydrogen) atoms. The van der Waals surface area contributed by atoms with Crippen LogP contribution >= 0.6 is 0 Å². The third-order valence-electron chi connectivity index (χ3n) is 4.06. The molecule has 0 bridgehead atoms. The molecule has 1 aromatic carbocycles. The van der Waals surface area contributed by atoms with Crippen molar-refractivity contribution in [1.29, 1.82) is 0 Å². The highest BCUT2D eigenvalue weighted by Crippen LogP contribution is 2.33. The molecule has 3 nitrogen and oxygen atoms in total. The average Bonchev–Trinajstić information content (AvgIpc) is 2.93. The van der Waals surface area contributed by atoms with Gasteiger partial charge in [-0.05, 0) is 57.6 Å². The lowest BCUT2D eigenvalue weighted by atomic mass is 10.0. The molecule has 1 heterocycles. The van der Waals surface area contributed by atoms with Crippen LogP contribution < -0.4 is 0 Å². The Kier molecular flexibility index (Phi) is 5.49. The molecule has 1 unspecified atom stereocenters. The summed E-state index contributed by atoms with van der Waals surface area (Å²) in [7, 11) is 0. The number of hydrogen-bond acceptors (Lipinski definition) is 2. The topological polar surface area (TPSA) is 29.5 Å². The van der Waals surface area contributed by atoms with Crippen molar-refractivity contribution < 1.29 is 9.53 Å². The van der Waals surface area contributed by atoms with Crippen LogP contribution in [0.3, 0.4) is 0 Å². The number of rotatable bonds is 4. The molecule has 0 aliphatic carbocycles. The molecule has 1 atom stereocenters. The van der Waals surface area contributed by atoms with Gasteiger partial charge in [0, 0.05) is 6.54 Å². The molecule has 0 saturated carbocycles. The summed E-state index contributed by atoms with van der Waals surface area (Å²) in [6, 6.07) is 8.93. The highest BCUT2D eigenvalue weighted by atomic mass is 16.6. The van der Waals surface area contributed by atoms with E-state index in [1.165, 1.54) is 24.0 Å². The van der Waals surface area contributed by atoms with E-state index in [1.54, 1.807) is 0 Å². The minimum Gasteiger partial charge on any atom is -0.444 e. The number of benzene rings is 1. The fraction of sp³-hybridized carbons (Fsp3) is 0.632. The minimum absolute atomic E-state index is 0.162. The Morgan fingerprint density at radius 2 is 1.95 bits per heavy atom. The van der Waals surface area contributed by atoms with E-state index in [0.29, 0.717) is 0 Å². The second kappa shape index (κ2) is 7.17. The van der Waals surface area contributed by atoms with E-state index in [4.69, 9.17) is 4.74 Å². The number of likely N-dealkylation sites (tertiary alicyclic amines) is 1. The molecule has 1 aliphatic rings. The van der Waals surface area contributed by atoms with Crippen LogP contribution in [-0.4, -0.2) is 23.1 Å². The number of carbonyl (C=O) groups excluding carboxylic acids is 1. The quantitative estimate of drug-likeness (QED) is 0.774. The molecule has 0 N–H and O–H groups in total. The second-order valence-electron chi connectivity index (χ2n) is 7.18. The Labute approximate surface area is 134 Å². The number of aryl methyl sites for hydroxylation is 1. The Morgan fingerprint density at radius 1 is 1.27 bits per heavy atom. The van der Waals surface area contributed by atoms with Crippen LogP contribution in [0.2, 0.25) is 0 Å². The van der Waals surface area contributed by atoms with Crippen molar-refractivity contribution in [2.75, 3.05) is 6.54 Å². The van der Waals surface area contributed by atoms with Gasteiger partial charge in [0.15, 0.2) is 0 Å². The summed E-state index contributed by atoms with van der Waals surface area (Å²) >= 11 is 0. The highest BCUT2D eigenvalue weighted by Gasteiger charge is 2.32. The summed E-state index contributed by atoms with van der Waals surface area (Å²) in [5, 5.41) is 0. The molecule has 0 spiro atoms. The first-order valence-electron chi connectivity index (χ1n) is 8.49. The first kappa shape index (κ1) is 16.9. The summed E-state index contributed by atoms with van der Waals surface area (Å²) in [4.78, 5) is 14.2. The number of carbonyl (C=O) groups is 1. The van der Waals surface area contributed by atoms with Gasteiger partial charge in [0.2, 0.25) is 0 Å². The summed E-state index contributed by atoms with van der Waals surface area (Å²) in [5.41, 5.74) is 2.17. The predicted molar refractivity (Wildman–Crippen MR) is 90.0 cm³/mol. The van der Waals surface area contributed by atoms with Gasteiger partial charge in [-0.3, -0.25) is 0 Å². The molecule has 1 aromatic rings. The fourth-order valence-corrected chi connectivity index (χ4v) is 2.94. The van der Waals surface area contributed by atoms with E-state index in [9.17, 15) is 4.79 Å². The van der Waals surface area contributed by atoms with Crippen LogP contribution in [-0.2, 0) is 11.2 Å². The van der Waals surface area contributed by atoms with Gasteiger partial charge in [-0.1, -0.05) is 37.6 Å². The normalized spacial score (nSPS) is 18.5. The molecule has 0 radical (unpaired) electrons. The lowest BCUT2D eigenvalue weighted by Gasteiger charge is -2.29. The van der Waals surface area contributed by atoms with E-state index in [-0.39, 0.29) is 12.1 Å². The Morgan fingerprint density at radius 3 is 2.55 bits per heavy atom. The SMILES string of the molecule is CCCCc1ccc(C2CCCN2C(=O)OC(C)(C)C)cc1. The molecule has 1 saturated heterocycles. The van der Waals surface area contributed by atoms with E-state index in [2.05, 4.69) is 31.2 Å². The van der Waals surface area contributed by atoms with E-state index < -0.39 is 5.60 Å². The molecule has 1 aliphatic heterocycles. The molecule has 1 amide bonds. The smallest absolute Gasteiger partial charge is 0.410 e. The molecule has 3 heteroatoms. The molecule has 2 rings (SSSR count). The van der Waals surface area contributed by atoms with Gasteiger partial charge >= 0.3 is 6.09 Å². The van der Waals surface area contributed by atoms with Gasteiger partial charge in [0.05, 0.1) is 6.04 Å². The van der Waals surface area contributed by atoms with Crippen LogP contribution in [0.1, 0.15) is 70.5 Å². The number of hydrogen-bond donors (Lipinski definition) is 0. The molecule has 122 valence electrons. The Bertz CT molecular complexity index is 487. The maximum absolute atomic E-state index is 12.4. The van der Waals surface area contributed by atoms with Gasteiger partial charge < -0.3 is 9.64 Å². The number of nitrogens with zero attached hydrogens (tertiary/aromatic N) is 1. The van der Waals surface area contributed by atoms with Crippen molar-refractivity contribution in [3.8, 4) is 0 Å². The van der Waals surface area contributed by atoms with Crippen LogP contribution in [0.4, 0.5) is 4.79 Å². The zero-order valence-corrected chi connectivity index (χ0v) is 14.4. The Hall–Kier alpha value is -1.51. The maximum Gasteiger partial charge on any atom is 0.410 e. The third-order valence-corrected chi connectivity index (χ3v) is 4.06. The van der Waals surface area contributed by atoms with E-state index in [1.807, 2.05) is 25.7 Å². The van der Waals surface area contributed by atoms with Crippen molar-refractivity contribution in [2.45, 2.75) is 71.4 Å². The van der Waals surface area contributed by atoms with E-state index >= 15 is 0 Å². The van der Waals surface area contributed by atoms with Crippen molar-refractivity contribution in [3.63, 3.8) is 0 Å². The summed E-state index contributed by atoms with van der Waals surface area (Å²) in [6.07, 6.45) is 5.46. The summed E-state index contributed by atoms with van der Waals surface area (Å²) in [5.74, 6) is 0. The second-order valence-corrected chi connectivity index (χ2v) is 7.18. The highest BCUT2D eigenvalue weighted by molar-refractivity contribution is 5.69. The van der Waals surface area contributed by atoms with Gasteiger partial charge in [-0.15, -0.1) is 0 Å². The fourth-order valence-electron chi connectivity index (χ4n) is 2.94. The number of amides is 1. The van der Waals surface area contributed by atoms with Crippen molar-refractivity contribution >= 4 is 6.09 Å². The molecular weight excluding hydrogens is 274 g/mol. The van der Waals surface area contributed by atoms with Gasteiger partial charge in [0.1, 0.15) is 5.60 Å². The van der Waals surface area contributed by atoms with Crippen LogP contribution in [0.25, 0.3) is 0 Å². The predicted octanol–water partition coefficient (Wildman–Crippen LogP) is 5.10. The molecule has 0 aromatic heterocycles. The van der Waals surface area contributed by atoms with Crippen molar-refractivity contribution in [2.24, 2.45) is 0 Å². The van der Waals surface area contributed by atoms with Crippen LogP contribution in [0, 0.1) is 0 Å². The number of unbranched alkanes of at least 4 members (excludes halogenated alkanes) is 1. The average molecular weight is 303 g/mol. The molecular formula is C19H29NO2. The minimum atomic E-state index is -0.436. The maximum atomic E-state index is 12.4. The standard InChI is InChI=1S/C19H29NO2/c1-5-6-8-15-10-12-16(13-11-15)17-9-7-14-20(17)18(21)22-19(2,3)4/h10-13,17H,5-9,14H2,1-4H3. The monoisotopic (exact) mass is 303 g/mol. The summed E-state index contributed by atoms with van der Waals surface area (Å²) in [6.45, 7) is 8.75. The molecule has 1 fully saturated rings. The Balaban J connectivity index is 2.05. The zero-order chi connectivity index (χ0) is 16.2.